The van der Waals surface area contributed by atoms with Crippen LogP contribution < -0.4 is 0 Å². The van der Waals surface area contributed by atoms with E-state index in [0.29, 0.717) is 21.4 Å². The standard InChI is InChI=1S/C21H30Br2N2O2/c1-14-4-3-7-25(13-14)17-5-8-24(9-6-17)21(27)15(2)10-16-11-18(22)20(26)19(23)12-16/h11-12,14-15,17,26H,3-10,13H2,1-2H3/t14-,15-/m1/s1. The Morgan fingerprint density at radius 3 is 2.41 bits per heavy atom. The summed E-state index contributed by atoms with van der Waals surface area (Å²) in [4.78, 5) is 17.6. The first-order chi connectivity index (χ1) is 12.8. The van der Waals surface area contributed by atoms with Gasteiger partial charge in [-0.15, -0.1) is 0 Å². The van der Waals surface area contributed by atoms with E-state index < -0.39 is 0 Å². The molecule has 1 aromatic carbocycles. The quantitative estimate of drug-likeness (QED) is 0.643. The number of carbonyl (C=O) groups is 1. The number of nitrogens with zero attached hydrogens (tertiary/aromatic N) is 2. The molecule has 2 fully saturated rings. The van der Waals surface area contributed by atoms with Crippen molar-refractivity contribution in [3.8, 4) is 5.75 Å². The molecule has 0 aliphatic carbocycles. The number of hydrogen-bond donors (Lipinski definition) is 1. The molecule has 2 atom stereocenters. The average Bonchev–Trinajstić information content (AvgIpc) is 2.65. The molecule has 0 bridgehead atoms. The van der Waals surface area contributed by atoms with Gasteiger partial charge in [0.05, 0.1) is 8.95 Å². The van der Waals surface area contributed by atoms with Crippen molar-refractivity contribution in [2.24, 2.45) is 11.8 Å². The van der Waals surface area contributed by atoms with Crippen LogP contribution in [0.2, 0.25) is 0 Å². The highest BCUT2D eigenvalue weighted by Gasteiger charge is 2.30. The van der Waals surface area contributed by atoms with Crippen LogP contribution in [0.4, 0.5) is 0 Å². The van der Waals surface area contributed by atoms with E-state index in [1.807, 2.05) is 19.1 Å². The van der Waals surface area contributed by atoms with Gasteiger partial charge in [0, 0.05) is 31.6 Å². The smallest absolute Gasteiger partial charge is 0.225 e. The molecule has 2 aliphatic heterocycles. The third kappa shape index (κ3) is 5.27. The van der Waals surface area contributed by atoms with Gasteiger partial charge in [-0.25, -0.2) is 0 Å². The van der Waals surface area contributed by atoms with E-state index in [1.54, 1.807) is 0 Å². The van der Waals surface area contributed by atoms with Crippen molar-refractivity contribution in [2.45, 2.75) is 52.0 Å². The third-order valence-corrected chi connectivity index (χ3v) is 7.23. The summed E-state index contributed by atoms with van der Waals surface area (Å²) in [5.41, 5.74) is 1.05. The fourth-order valence-corrected chi connectivity index (χ4v) is 5.78. The molecule has 3 rings (SSSR count). The molecule has 2 aliphatic rings. The molecule has 27 heavy (non-hydrogen) atoms. The Kier molecular flexibility index (Phi) is 7.25. The van der Waals surface area contributed by atoms with Gasteiger partial charge < -0.3 is 10.0 Å². The van der Waals surface area contributed by atoms with Crippen LogP contribution in [-0.4, -0.2) is 53.0 Å². The molecule has 1 aromatic rings. The summed E-state index contributed by atoms with van der Waals surface area (Å²) >= 11 is 6.74. The number of benzene rings is 1. The molecule has 2 saturated heterocycles. The third-order valence-electron chi connectivity index (χ3n) is 6.02. The first-order valence-electron chi connectivity index (χ1n) is 10.0. The van der Waals surface area contributed by atoms with Crippen LogP contribution in [0.15, 0.2) is 21.1 Å². The van der Waals surface area contributed by atoms with Crippen LogP contribution in [0.5, 0.6) is 5.75 Å². The van der Waals surface area contributed by atoms with Crippen LogP contribution in [0.3, 0.4) is 0 Å². The number of rotatable bonds is 4. The molecular weight excluding hydrogens is 472 g/mol. The van der Waals surface area contributed by atoms with Gasteiger partial charge in [0.25, 0.3) is 0 Å². The maximum Gasteiger partial charge on any atom is 0.225 e. The van der Waals surface area contributed by atoms with Gasteiger partial charge >= 0.3 is 0 Å². The van der Waals surface area contributed by atoms with Gasteiger partial charge in [-0.05, 0) is 94.1 Å². The first-order valence-corrected chi connectivity index (χ1v) is 11.6. The lowest BCUT2D eigenvalue weighted by Crippen LogP contribution is -2.50. The summed E-state index contributed by atoms with van der Waals surface area (Å²) < 4.78 is 1.31. The van der Waals surface area contributed by atoms with Crippen molar-refractivity contribution in [2.75, 3.05) is 26.2 Å². The van der Waals surface area contributed by atoms with Crippen LogP contribution in [0, 0.1) is 11.8 Å². The zero-order valence-electron chi connectivity index (χ0n) is 16.3. The fraction of sp³-hybridized carbons (Fsp3) is 0.667. The highest BCUT2D eigenvalue weighted by molar-refractivity contribution is 9.11. The molecule has 2 heterocycles. The summed E-state index contributed by atoms with van der Waals surface area (Å²) in [7, 11) is 0. The molecule has 0 spiro atoms. The molecule has 4 nitrogen and oxygen atoms in total. The largest absolute Gasteiger partial charge is 0.506 e. The number of carbonyl (C=O) groups excluding carboxylic acids is 1. The number of aromatic hydroxyl groups is 1. The van der Waals surface area contributed by atoms with Crippen molar-refractivity contribution in [1.29, 1.82) is 0 Å². The van der Waals surface area contributed by atoms with Crippen LogP contribution >= 0.6 is 31.9 Å². The summed E-state index contributed by atoms with van der Waals surface area (Å²) in [5, 5.41) is 9.85. The first kappa shape index (κ1) is 21.1. The Labute approximate surface area is 179 Å². The van der Waals surface area contributed by atoms with Gasteiger partial charge in [0.1, 0.15) is 5.75 Å². The number of phenols is 1. The number of amides is 1. The lowest BCUT2D eigenvalue weighted by molar-refractivity contribution is -0.136. The molecule has 0 unspecified atom stereocenters. The normalized spacial score (nSPS) is 23.4. The maximum atomic E-state index is 12.9. The van der Waals surface area contributed by atoms with Gasteiger partial charge in [0.15, 0.2) is 0 Å². The second-order valence-electron chi connectivity index (χ2n) is 8.31. The molecule has 0 aromatic heterocycles. The molecular formula is C21H30Br2N2O2. The lowest BCUT2D eigenvalue weighted by Gasteiger charge is -2.42. The number of likely N-dealkylation sites (tertiary alicyclic amines) is 2. The molecule has 0 saturated carbocycles. The summed E-state index contributed by atoms with van der Waals surface area (Å²) in [5.74, 6) is 1.20. The van der Waals surface area contributed by atoms with Crippen LogP contribution in [0.25, 0.3) is 0 Å². The highest BCUT2D eigenvalue weighted by Crippen LogP contribution is 2.34. The second-order valence-corrected chi connectivity index (χ2v) is 10.0. The van der Waals surface area contributed by atoms with E-state index in [1.165, 1.54) is 25.9 Å². The van der Waals surface area contributed by atoms with E-state index in [4.69, 9.17) is 0 Å². The van der Waals surface area contributed by atoms with Gasteiger partial charge in [0.2, 0.25) is 5.91 Å². The fourth-order valence-electron chi connectivity index (χ4n) is 4.50. The van der Waals surface area contributed by atoms with Crippen molar-refractivity contribution in [3.63, 3.8) is 0 Å². The maximum absolute atomic E-state index is 12.9. The summed E-state index contributed by atoms with van der Waals surface area (Å²) in [6, 6.07) is 4.44. The zero-order chi connectivity index (χ0) is 19.6. The minimum Gasteiger partial charge on any atom is -0.506 e. The Balaban J connectivity index is 1.52. The van der Waals surface area contributed by atoms with E-state index in [9.17, 15) is 9.90 Å². The number of halogens is 2. The topological polar surface area (TPSA) is 43.8 Å². The van der Waals surface area contributed by atoms with Gasteiger partial charge in [-0.3, -0.25) is 9.69 Å². The van der Waals surface area contributed by atoms with Crippen molar-refractivity contribution < 1.29 is 9.90 Å². The van der Waals surface area contributed by atoms with Crippen molar-refractivity contribution in [1.82, 2.24) is 9.80 Å². The molecule has 6 heteroatoms. The monoisotopic (exact) mass is 500 g/mol. The number of hydrogen-bond acceptors (Lipinski definition) is 3. The average molecular weight is 502 g/mol. The van der Waals surface area contributed by atoms with Gasteiger partial charge in [-0.1, -0.05) is 13.8 Å². The summed E-state index contributed by atoms with van der Waals surface area (Å²) in [6.45, 7) is 8.56. The minimum atomic E-state index is -0.0556. The van der Waals surface area contributed by atoms with E-state index in [-0.39, 0.29) is 17.6 Å². The molecule has 150 valence electrons. The molecule has 0 radical (unpaired) electrons. The molecule has 1 N–H and O–H groups in total. The van der Waals surface area contributed by atoms with Crippen molar-refractivity contribution >= 4 is 37.8 Å². The van der Waals surface area contributed by atoms with Crippen molar-refractivity contribution in [3.05, 3.63) is 26.6 Å². The SMILES string of the molecule is C[C@@H]1CCCN(C2CCN(C(=O)[C@H](C)Cc3cc(Br)c(O)c(Br)c3)CC2)C1. The highest BCUT2D eigenvalue weighted by atomic mass is 79.9. The Bertz CT molecular complexity index is 651. The minimum absolute atomic E-state index is 0.0556. The summed E-state index contributed by atoms with van der Waals surface area (Å²) in [6.07, 6.45) is 5.55. The van der Waals surface area contributed by atoms with Crippen LogP contribution in [0.1, 0.15) is 45.1 Å². The zero-order valence-corrected chi connectivity index (χ0v) is 19.4. The Morgan fingerprint density at radius 2 is 1.81 bits per heavy atom. The predicted molar refractivity (Wildman–Crippen MR) is 116 cm³/mol. The number of piperidine rings is 2. The Hall–Kier alpha value is -0.590. The van der Waals surface area contributed by atoms with E-state index in [0.717, 1.165) is 37.4 Å². The van der Waals surface area contributed by atoms with Gasteiger partial charge in [-0.2, -0.15) is 0 Å². The predicted octanol–water partition coefficient (Wildman–Crippen LogP) is 4.82. The number of phenolic OH excluding ortho intramolecular Hbond substituents is 1. The second kappa shape index (κ2) is 9.27. The Morgan fingerprint density at radius 1 is 1.19 bits per heavy atom. The van der Waals surface area contributed by atoms with E-state index in [2.05, 4.69) is 48.6 Å². The van der Waals surface area contributed by atoms with E-state index >= 15 is 0 Å². The lowest BCUT2D eigenvalue weighted by atomic mass is 9.94. The van der Waals surface area contributed by atoms with Crippen LogP contribution in [-0.2, 0) is 11.2 Å². The molecule has 1 amide bonds.